The molecule has 4 heterocycles. The lowest BCUT2D eigenvalue weighted by atomic mass is 9.98. The number of fused-ring (bicyclic) bond motifs is 6. The largest absolute Gasteiger partial charge is 0.453 e. The zero-order valence-electron chi connectivity index (χ0n) is 40.1. The van der Waals surface area contributed by atoms with Crippen molar-refractivity contribution in [3.63, 3.8) is 0 Å². The molecule has 7 atom stereocenters. The lowest BCUT2D eigenvalue weighted by molar-refractivity contribution is -0.138. The number of hydrogen-bond donors (Lipinski definition) is 4. The Morgan fingerprint density at radius 3 is 1.74 bits per heavy atom. The predicted octanol–water partition coefficient (Wildman–Crippen LogP) is 8.56. The van der Waals surface area contributed by atoms with Crippen molar-refractivity contribution in [2.75, 3.05) is 47.6 Å². The number of aromatic nitrogens is 4. The van der Waals surface area contributed by atoms with Gasteiger partial charge in [-0.2, -0.15) is 0 Å². The number of amides is 4. The van der Waals surface area contributed by atoms with Gasteiger partial charge in [-0.1, -0.05) is 70.0 Å². The van der Waals surface area contributed by atoms with Gasteiger partial charge in [-0.15, -0.1) is 0 Å². The highest BCUT2D eigenvalue weighted by Gasteiger charge is 2.43. The number of carbonyl (C=O) groups is 4. The second kappa shape index (κ2) is 19.8. The molecule has 3 aliphatic rings. The van der Waals surface area contributed by atoms with E-state index in [4.69, 9.17) is 28.9 Å². The molecule has 0 bridgehead atoms. The van der Waals surface area contributed by atoms with E-state index >= 15 is 0 Å². The van der Waals surface area contributed by atoms with E-state index in [0.29, 0.717) is 37.9 Å². The van der Waals surface area contributed by atoms with E-state index in [-0.39, 0.29) is 41.7 Å². The summed E-state index contributed by atoms with van der Waals surface area (Å²) < 4.78 is 21.6. The highest BCUT2D eigenvalue weighted by Crippen LogP contribution is 2.40. The summed E-state index contributed by atoms with van der Waals surface area (Å²) in [5.74, 6) is 1.81. The van der Waals surface area contributed by atoms with Crippen molar-refractivity contribution in [2.24, 2.45) is 23.7 Å². The fourth-order valence-corrected chi connectivity index (χ4v) is 10.8. The lowest BCUT2D eigenvalue weighted by Gasteiger charge is -2.30. The third kappa shape index (κ3) is 9.32. The molecule has 360 valence electrons. The summed E-state index contributed by atoms with van der Waals surface area (Å²) in [6, 6.07) is 18.8. The topological polar surface area (TPSA) is 193 Å². The van der Waals surface area contributed by atoms with Crippen molar-refractivity contribution in [1.29, 1.82) is 0 Å². The second-order valence-corrected chi connectivity index (χ2v) is 19.6. The Morgan fingerprint density at radius 1 is 0.676 bits per heavy atom. The molecule has 6 aromatic rings. The second-order valence-electron chi connectivity index (χ2n) is 19.6. The van der Waals surface area contributed by atoms with Crippen LogP contribution in [0.15, 0.2) is 60.7 Å². The molecular formula is C52H64N8O8. The van der Waals surface area contributed by atoms with Crippen molar-refractivity contribution in [1.82, 2.24) is 40.4 Å². The Morgan fingerprint density at radius 2 is 1.19 bits per heavy atom. The van der Waals surface area contributed by atoms with E-state index in [1.165, 1.54) is 47.0 Å². The number of hydrogen-bond acceptors (Lipinski definition) is 10. The summed E-state index contributed by atoms with van der Waals surface area (Å²) in [7, 11) is 4.09. The van der Waals surface area contributed by atoms with Crippen molar-refractivity contribution >= 4 is 67.6 Å². The number of H-pyrrole nitrogens is 2. The fourth-order valence-electron chi connectivity index (χ4n) is 10.8. The maximum Gasteiger partial charge on any atom is 0.407 e. The van der Waals surface area contributed by atoms with E-state index in [1.807, 2.05) is 35.8 Å². The first kappa shape index (κ1) is 46.8. The maximum absolute atomic E-state index is 14.4. The van der Waals surface area contributed by atoms with Crippen LogP contribution in [0, 0.1) is 23.7 Å². The first-order valence-corrected chi connectivity index (χ1v) is 24.1. The fraction of sp³-hybridized carbons (Fsp3) is 0.500. The van der Waals surface area contributed by atoms with E-state index in [2.05, 4.69) is 76.1 Å². The normalized spacial score (nSPS) is 21.3. The number of imidazole rings is 2. The zero-order chi connectivity index (χ0) is 47.8. The number of alkyl carbamates (subject to hydrolysis) is 2. The van der Waals surface area contributed by atoms with Crippen LogP contribution in [-0.2, 0) is 28.5 Å². The number of rotatable bonds is 14. The minimum Gasteiger partial charge on any atom is -0.453 e. The van der Waals surface area contributed by atoms with Crippen LogP contribution in [0.1, 0.15) is 90.0 Å². The number of likely N-dealkylation sites (tertiary alicyclic amines) is 2. The number of aromatic amines is 2. The van der Waals surface area contributed by atoms with Crippen molar-refractivity contribution in [2.45, 2.75) is 96.5 Å². The molecule has 4 N–H and O–H groups in total. The first-order valence-electron chi connectivity index (χ1n) is 24.1. The Bertz CT molecular complexity index is 2830. The van der Waals surface area contributed by atoms with Gasteiger partial charge < -0.3 is 49.3 Å². The van der Waals surface area contributed by atoms with Gasteiger partial charge in [0.25, 0.3) is 0 Å². The number of methoxy groups -OCH3 is 3. The predicted molar refractivity (Wildman–Crippen MR) is 260 cm³/mol. The molecule has 68 heavy (non-hydrogen) atoms. The Hall–Kier alpha value is -6.26. The van der Waals surface area contributed by atoms with Gasteiger partial charge in [0, 0.05) is 43.5 Å². The van der Waals surface area contributed by atoms with Gasteiger partial charge in [0.2, 0.25) is 11.8 Å². The molecule has 1 saturated carbocycles. The van der Waals surface area contributed by atoms with Gasteiger partial charge in [0.1, 0.15) is 23.7 Å². The molecule has 2 aromatic heterocycles. The average Bonchev–Trinajstić information content (AvgIpc) is 4.21. The monoisotopic (exact) mass is 928 g/mol. The minimum atomic E-state index is -0.958. The average molecular weight is 929 g/mol. The van der Waals surface area contributed by atoms with Crippen LogP contribution in [0.25, 0.3) is 54.7 Å². The van der Waals surface area contributed by atoms with Crippen LogP contribution in [0.5, 0.6) is 0 Å². The highest BCUT2D eigenvalue weighted by molar-refractivity contribution is 6.07. The van der Waals surface area contributed by atoms with Gasteiger partial charge in [0.05, 0.1) is 61.1 Å². The third-order valence-electron chi connectivity index (χ3n) is 14.6. The lowest BCUT2D eigenvalue weighted by Crippen LogP contribution is -2.54. The highest BCUT2D eigenvalue weighted by atomic mass is 16.5. The molecule has 16 nitrogen and oxygen atoms in total. The van der Waals surface area contributed by atoms with E-state index in [1.54, 1.807) is 6.92 Å². The summed E-state index contributed by atoms with van der Waals surface area (Å²) >= 11 is 0. The molecule has 9 rings (SSSR count). The first-order chi connectivity index (χ1) is 32.8. The third-order valence-corrected chi connectivity index (χ3v) is 14.6. The Labute approximate surface area is 396 Å². The molecule has 4 amide bonds. The smallest absolute Gasteiger partial charge is 0.407 e. The van der Waals surface area contributed by atoms with Crippen molar-refractivity contribution in [3.05, 3.63) is 72.3 Å². The Balaban J connectivity index is 0.976. The van der Waals surface area contributed by atoms with Crippen molar-refractivity contribution < 1.29 is 38.1 Å². The van der Waals surface area contributed by atoms with Gasteiger partial charge >= 0.3 is 12.2 Å². The molecule has 0 spiro atoms. The van der Waals surface area contributed by atoms with E-state index in [0.717, 1.165) is 73.6 Å². The summed E-state index contributed by atoms with van der Waals surface area (Å²) in [5.41, 5.74) is 5.54. The summed E-state index contributed by atoms with van der Waals surface area (Å²) in [5, 5.41) is 9.58. The molecule has 4 aromatic carbocycles. The van der Waals surface area contributed by atoms with Crippen LogP contribution in [0.2, 0.25) is 0 Å². The van der Waals surface area contributed by atoms with Crippen LogP contribution in [0.3, 0.4) is 0 Å². The molecule has 2 aliphatic heterocycles. The molecule has 3 fully saturated rings. The van der Waals surface area contributed by atoms with Gasteiger partial charge in [0.15, 0.2) is 0 Å². The number of nitrogens with one attached hydrogen (secondary N) is 4. The summed E-state index contributed by atoms with van der Waals surface area (Å²) in [4.78, 5) is 73.9. The molecule has 1 aliphatic carbocycles. The van der Waals surface area contributed by atoms with Gasteiger partial charge in [-0.05, 0) is 96.5 Å². The molecule has 16 heteroatoms. The number of ether oxygens (including phenoxy) is 4. The molecule has 0 unspecified atom stereocenters. The number of carbonyl (C=O) groups excluding carboxylic acids is 4. The number of benzene rings is 4. The SMILES string of the molecule is COC(=O)N[C@H](C(=O)N1C[C@@H](C)C[C@H]1c1nc2ccc3cc(-c4ccc5c(ccc6nc([C@@H]7C[C@H](COCC8CCCC8)CN7C(=O)[C@@H](NC(=O)OC)[C@@H](C)OC)[nH]c65)c4)ccc3c2[nH]1)C(C)C. The number of nitrogens with zero attached hydrogens (tertiary/aromatic N) is 4. The molecule has 2 saturated heterocycles. The van der Waals surface area contributed by atoms with Crippen molar-refractivity contribution in [3.8, 4) is 11.1 Å². The summed E-state index contributed by atoms with van der Waals surface area (Å²) in [6.45, 7) is 10.0. The van der Waals surface area contributed by atoms with Crippen LogP contribution >= 0.6 is 0 Å². The minimum absolute atomic E-state index is 0.0841. The quantitative estimate of drug-likeness (QED) is 0.0823. The molecular weight excluding hydrogens is 865 g/mol. The van der Waals surface area contributed by atoms with Gasteiger partial charge in [-0.25, -0.2) is 19.6 Å². The van der Waals surface area contributed by atoms with Crippen LogP contribution < -0.4 is 10.6 Å². The van der Waals surface area contributed by atoms with Crippen LogP contribution in [0.4, 0.5) is 9.59 Å². The Kier molecular flexibility index (Phi) is 13.6. The molecule has 0 radical (unpaired) electrons. The van der Waals surface area contributed by atoms with E-state index < -0.39 is 30.4 Å². The standard InChI is InChI=1S/C52H64N8O8/c1-28(2)43(57-51(63)66-6)49(61)59-24-29(3)20-41(59)47-53-39-18-14-35-22-33(12-16-37(35)45(39)55-47)34-13-17-38-36(23-34)15-19-40-46(38)56-48(54-40)42-21-32(27-68-26-31-10-8-9-11-31)25-60(42)50(62)44(30(4)65-5)58-52(64)67-7/h12-19,22-23,28-32,41-44H,8-11,20-21,24-27H2,1-7H3,(H,53,55)(H,54,56)(H,57,63)(H,58,64)/t29-,30+,32-,41-,42-,43-,44-/m0/s1. The summed E-state index contributed by atoms with van der Waals surface area (Å²) in [6.07, 6.45) is 4.39. The van der Waals surface area contributed by atoms with E-state index in [9.17, 15) is 19.2 Å². The zero-order valence-corrected chi connectivity index (χ0v) is 40.1. The van der Waals surface area contributed by atoms with Crippen LogP contribution in [-0.4, -0.2) is 120 Å². The maximum atomic E-state index is 14.4. The van der Waals surface area contributed by atoms with Gasteiger partial charge in [-0.3, -0.25) is 9.59 Å².